The fourth-order valence-electron chi connectivity index (χ4n) is 2.29. The van der Waals surface area contributed by atoms with E-state index >= 15 is 0 Å². The third-order valence-corrected chi connectivity index (χ3v) is 11.4. The molecular weight excluding hydrogens is 584 g/mol. The number of hydrogen-bond acceptors (Lipinski definition) is 4. The number of ether oxygens (including phenoxy) is 1. The summed E-state index contributed by atoms with van der Waals surface area (Å²) in [4.78, 5) is 10.4. The third kappa shape index (κ3) is 13.2. The van der Waals surface area contributed by atoms with Gasteiger partial charge in [0.2, 0.25) is 0 Å². The van der Waals surface area contributed by atoms with E-state index in [2.05, 4.69) is 86.4 Å². The summed E-state index contributed by atoms with van der Waals surface area (Å²) in [6, 6.07) is 0. The molecule has 0 atom stereocenters. The van der Waals surface area contributed by atoms with Gasteiger partial charge in [0.25, 0.3) is 0 Å². The van der Waals surface area contributed by atoms with Crippen molar-refractivity contribution in [3.05, 3.63) is 0 Å². The predicted molar refractivity (Wildman–Crippen MR) is 136 cm³/mol. The van der Waals surface area contributed by atoms with Crippen LogP contribution in [-0.2, 0) is 14.0 Å². The van der Waals surface area contributed by atoms with E-state index < -0.39 is 8.32 Å². The number of alkyl halides is 3. The first kappa shape index (κ1) is 30.0. The first-order valence-corrected chi connectivity index (χ1v) is 16.8. The zero-order valence-corrected chi connectivity index (χ0v) is 24.8. The molecule has 0 aromatic heterocycles. The van der Waals surface area contributed by atoms with Gasteiger partial charge in [-0.05, 0) is 63.6 Å². The van der Waals surface area contributed by atoms with Crippen LogP contribution in [0, 0.1) is 0 Å². The zero-order chi connectivity index (χ0) is 22.8. The van der Waals surface area contributed by atoms with Crippen LogP contribution >= 0.6 is 47.8 Å². The highest BCUT2D eigenvalue weighted by Gasteiger charge is 2.50. The molecule has 2 rings (SSSR count). The van der Waals surface area contributed by atoms with Crippen LogP contribution in [0.25, 0.3) is 0 Å². The average Bonchev–Trinajstić information content (AvgIpc) is 3.49. The van der Waals surface area contributed by atoms with E-state index in [1.54, 1.807) is 6.92 Å². The molecule has 0 aliphatic heterocycles. The fraction of sp³-hybridized carbons (Fsp3) is 0.952. The average molecular weight is 625 g/mol. The molecular formula is C21H41Br3O4Si. The molecule has 0 radical (unpaired) electrons. The zero-order valence-electron chi connectivity index (χ0n) is 19.1. The second-order valence-corrected chi connectivity index (χ2v) is 16.5. The van der Waals surface area contributed by atoms with Crippen LogP contribution in [0.1, 0.15) is 72.6 Å². The summed E-state index contributed by atoms with van der Waals surface area (Å²) in [5.74, 6) is -0.135. The van der Waals surface area contributed by atoms with Crippen LogP contribution in [-0.4, -0.2) is 53.2 Å². The molecule has 2 aliphatic rings. The van der Waals surface area contributed by atoms with Crippen molar-refractivity contribution in [1.29, 1.82) is 0 Å². The Morgan fingerprint density at radius 2 is 1.52 bits per heavy atom. The number of rotatable bonds is 9. The quantitative estimate of drug-likeness (QED) is 0.171. The third-order valence-electron chi connectivity index (χ3n) is 5.63. The van der Waals surface area contributed by atoms with Gasteiger partial charge in [-0.3, -0.25) is 4.79 Å². The normalized spacial score (nSPS) is 18.6. The highest BCUT2D eigenvalue weighted by atomic mass is 79.9. The van der Waals surface area contributed by atoms with Gasteiger partial charge in [-0.25, -0.2) is 0 Å². The number of esters is 1. The smallest absolute Gasteiger partial charge is 0.306 e. The molecule has 0 unspecified atom stereocenters. The first-order chi connectivity index (χ1) is 13.3. The summed E-state index contributed by atoms with van der Waals surface area (Å²) in [5, 5.41) is 12.1. The monoisotopic (exact) mass is 622 g/mol. The molecule has 2 aliphatic carbocycles. The molecule has 4 nitrogen and oxygen atoms in total. The van der Waals surface area contributed by atoms with Crippen LogP contribution in [0.5, 0.6) is 0 Å². The van der Waals surface area contributed by atoms with Crippen molar-refractivity contribution in [3.63, 3.8) is 0 Å². The minimum atomic E-state index is -1.54. The second-order valence-electron chi connectivity index (χ2n) is 9.39. The molecule has 8 heteroatoms. The SMILES string of the molecule is CC(C)(C)[Si](C)(C)OC1(CCBr)CC1.CCOC(=O)CCBr.OC1(CCBr)CC1. The van der Waals surface area contributed by atoms with Gasteiger partial charge in [0.15, 0.2) is 8.32 Å². The van der Waals surface area contributed by atoms with Crippen molar-refractivity contribution in [1.82, 2.24) is 0 Å². The minimum Gasteiger partial charge on any atom is -0.466 e. The van der Waals surface area contributed by atoms with Crippen molar-refractivity contribution < 1.29 is 19.1 Å². The molecule has 0 aromatic rings. The van der Waals surface area contributed by atoms with Crippen molar-refractivity contribution in [3.8, 4) is 0 Å². The Morgan fingerprint density at radius 1 is 1.00 bits per heavy atom. The molecule has 0 bridgehead atoms. The highest BCUT2D eigenvalue weighted by molar-refractivity contribution is 9.09. The molecule has 29 heavy (non-hydrogen) atoms. The summed E-state index contributed by atoms with van der Waals surface area (Å²) in [6.45, 7) is 13.9. The van der Waals surface area contributed by atoms with Crippen molar-refractivity contribution in [2.45, 2.75) is 102 Å². The van der Waals surface area contributed by atoms with E-state index in [4.69, 9.17) is 9.53 Å². The predicted octanol–water partition coefficient (Wildman–Crippen LogP) is 6.96. The highest BCUT2D eigenvalue weighted by Crippen LogP contribution is 2.49. The van der Waals surface area contributed by atoms with E-state index in [1.807, 2.05) is 0 Å². The maximum absolute atomic E-state index is 10.4. The Hall–Kier alpha value is 1.05. The number of hydrogen-bond donors (Lipinski definition) is 1. The summed E-state index contributed by atoms with van der Waals surface area (Å²) >= 11 is 9.90. The van der Waals surface area contributed by atoms with E-state index in [1.165, 1.54) is 19.3 Å². The lowest BCUT2D eigenvalue weighted by molar-refractivity contribution is -0.142. The molecule has 2 saturated carbocycles. The molecule has 0 spiro atoms. The summed E-state index contributed by atoms with van der Waals surface area (Å²) < 4.78 is 11.1. The molecule has 2 fully saturated rings. The van der Waals surface area contributed by atoms with Crippen LogP contribution in [0.15, 0.2) is 0 Å². The Labute approximate surface area is 204 Å². The number of carbonyl (C=O) groups is 1. The number of halogens is 3. The lowest BCUT2D eigenvalue weighted by Gasteiger charge is -2.39. The topological polar surface area (TPSA) is 55.8 Å². The van der Waals surface area contributed by atoms with Crippen molar-refractivity contribution in [2.24, 2.45) is 0 Å². The number of carbonyl (C=O) groups excluding carboxylic acids is 1. The molecule has 0 amide bonds. The van der Waals surface area contributed by atoms with Crippen LogP contribution in [0.2, 0.25) is 18.1 Å². The second kappa shape index (κ2) is 13.6. The van der Waals surface area contributed by atoms with Gasteiger partial charge in [-0.15, -0.1) is 0 Å². The van der Waals surface area contributed by atoms with Crippen LogP contribution in [0.4, 0.5) is 0 Å². The largest absolute Gasteiger partial charge is 0.466 e. The van der Waals surface area contributed by atoms with Gasteiger partial charge in [0, 0.05) is 16.0 Å². The number of aliphatic hydroxyl groups is 1. The Morgan fingerprint density at radius 3 is 1.79 bits per heavy atom. The lowest BCUT2D eigenvalue weighted by Crippen LogP contribution is -2.44. The van der Waals surface area contributed by atoms with Gasteiger partial charge < -0.3 is 14.3 Å². The standard InChI is InChI=1S/C11H23BrOSi.C5H9BrO2.C5H9BrO/c1-10(2,3)14(4,5)13-11(6-7-11)8-9-12;1-2-8-5(7)3-4-6;6-4-3-5(7)1-2-5/h6-9H2,1-5H3;2-4H2,1H3;7H,1-4H2. The Bertz CT molecular complexity index is 465. The maximum atomic E-state index is 10.4. The lowest BCUT2D eigenvalue weighted by atomic mass is 10.2. The van der Waals surface area contributed by atoms with E-state index in [0.717, 1.165) is 29.9 Å². The van der Waals surface area contributed by atoms with Crippen LogP contribution in [0.3, 0.4) is 0 Å². The van der Waals surface area contributed by atoms with Crippen molar-refractivity contribution >= 4 is 62.1 Å². The fourth-order valence-corrected chi connectivity index (χ4v) is 5.77. The van der Waals surface area contributed by atoms with Gasteiger partial charge >= 0.3 is 5.97 Å². The first-order valence-electron chi connectivity index (χ1n) is 10.6. The van der Waals surface area contributed by atoms with E-state index in [9.17, 15) is 4.79 Å². The molecule has 1 N–H and O–H groups in total. The molecule has 0 heterocycles. The van der Waals surface area contributed by atoms with E-state index in [0.29, 0.717) is 23.4 Å². The maximum Gasteiger partial charge on any atom is 0.306 e. The van der Waals surface area contributed by atoms with Crippen molar-refractivity contribution in [2.75, 3.05) is 22.6 Å². The summed E-state index contributed by atoms with van der Waals surface area (Å²) in [5.41, 5.74) is 0.00992. The Balaban J connectivity index is 0.000000444. The summed E-state index contributed by atoms with van der Waals surface area (Å²) in [7, 11) is -1.54. The summed E-state index contributed by atoms with van der Waals surface area (Å²) in [6.07, 6.45) is 7.13. The molecule has 0 aromatic carbocycles. The van der Waals surface area contributed by atoms with Gasteiger partial charge in [-0.1, -0.05) is 68.6 Å². The minimum absolute atomic E-state index is 0.135. The van der Waals surface area contributed by atoms with E-state index in [-0.39, 0.29) is 17.2 Å². The molecule has 0 saturated heterocycles. The van der Waals surface area contributed by atoms with Gasteiger partial charge in [0.05, 0.1) is 24.2 Å². The Kier molecular flexibility index (Phi) is 14.1. The molecule has 174 valence electrons. The van der Waals surface area contributed by atoms with Crippen LogP contribution < -0.4 is 0 Å². The van der Waals surface area contributed by atoms with Gasteiger partial charge in [-0.2, -0.15) is 0 Å². The van der Waals surface area contributed by atoms with Gasteiger partial charge in [0.1, 0.15) is 0 Å².